The molecule has 2 aromatic carbocycles. The lowest BCUT2D eigenvalue weighted by molar-refractivity contribution is 0.0544. The van der Waals surface area contributed by atoms with Crippen LogP contribution >= 0.6 is 0 Å². The molecule has 20 heavy (non-hydrogen) atoms. The Labute approximate surface area is 118 Å². The van der Waals surface area contributed by atoms with Crippen LogP contribution in [0.2, 0.25) is 0 Å². The van der Waals surface area contributed by atoms with Crippen molar-refractivity contribution < 1.29 is 9.52 Å². The van der Waals surface area contributed by atoms with Gasteiger partial charge in [0.1, 0.15) is 16.9 Å². The zero-order valence-electron chi connectivity index (χ0n) is 11.8. The van der Waals surface area contributed by atoms with Gasteiger partial charge in [0.25, 0.3) is 0 Å². The summed E-state index contributed by atoms with van der Waals surface area (Å²) in [5, 5.41) is 12.1. The van der Waals surface area contributed by atoms with E-state index in [1.54, 1.807) is 0 Å². The number of hydrogen-bond donors (Lipinski definition) is 1. The van der Waals surface area contributed by atoms with E-state index in [1.807, 2.05) is 68.4 Å². The molecule has 1 aromatic heterocycles. The Hall–Kier alpha value is -2.06. The quantitative estimate of drug-likeness (QED) is 0.762. The van der Waals surface area contributed by atoms with Crippen LogP contribution in [0.1, 0.15) is 30.2 Å². The molecular weight excluding hydrogens is 248 g/mol. The van der Waals surface area contributed by atoms with Crippen LogP contribution < -0.4 is 0 Å². The highest BCUT2D eigenvalue weighted by Crippen LogP contribution is 2.36. The molecule has 0 aliphatic carbocycles. The number of fused-ring (bicyclic) bond motifs is 1. The number of hydrogen-bond acceptors (Lipinski definition) is 2. The molecule has 0 amide bonds. The molecule has 1 heterocycles. The van der Waals surface area contributed by atoms with Crippen molar-refractivity contribution in [2.75, 3.05) is 0 Å². The molecule has 0 spiro atoms. The largest absolute Gasteiger partial charge is 0.457 e. The molecule has 2 heteroatoms. The molecule has 2 nitrogen and oxygen atoms in total. The number of rotatable bonds is 3. The van der Waals surface area contributed by atoms with Gasteiger partial charge in [0.15, 0.2) is 0 Å². The van der Waals surface area contributed by atoms with Crippen LogP contribution in [0, 0.1) is 6.92 Å². The van der Waals surface area contributed by atoms with Crippen LogP contribution in [-0.2, 0) is 5.60 Å². The maximum absolute atomic E-state index is 11.1. The first-order chi connectivity index (χ1) is 9.65. The Morgan fingerprint density at radius 2 is 1.80 bits per heavy atom. The van der Waals surface area contributed by atoms with Crippen molar-refractivity contribution in [1.29, 1.82) is 0 Å². The minimum atomic E-state index is -1.08. The second kappa shape index (κ2) is 4.80. The smallest absolute Gasteiger partial charge is 0.147 e. The van der Waals surface area contributed by atoms with Gasteiger partial charge in [-0.15, -0.1) is 0 Å². The molecule has 0 bridgehead atoms. The van der Waals surface area contributed by atoms with E-state index >= 15 is 0 Å². The molecule has 0 aliphatic heterocycles. The van der Waals surface area contributed by atoms with Crippen LogP contribution in [0.25, 0.3) is 11.0 Å². The van der Waals surface area contributed by atoms with E-state index in [0.29, 0.717) is 12.2 Å². The molecule has 102 valence electrons. The molecular formula is C18H18O2. The van der Waals surface area contributed by atoms with E-state index < -0.39 is 5.60 Å². The number of aliphatic hydroxyl groups is 1. The predicted octanol–water partition coefficient (Wildman–Crippen LogP) is 4.39. The van der Waals surface area contributed by atoms with Gasteiger partial charge in [0.05, 0.1) is 0 Å². The minimum absolute atomic E-state index is 0.565. The first-order valence-electron chi connectivity index (χ1n) is 6.92. The monoisotopic (exact) mass is 266 g/mol. The van der Waals surface area contributed by atoms with Crippen LogP contribution in [0.15, 0.2) is 59.0 Å². The van der Waals surface area contributed by atoms with Gasteiger partial charge < -0.3 is 9.52 Å². The lowest BCUT2D eigenvalue weighted by atomic mass is 9.88. The topological polar surface area (TPSA) is 33.4 Å². The summed E-state index contributed by atoms with van der Waals surface area (Å²) in [4.78, 5) is 0. The summed E-state index contributed by atoms with van der Waals surface area (Å²) in [6.45, 7) is 3.98. The van der Waals surface area contributed by atoms with E-state index in [4.69, 9.17) is 4.42 Å². The Morgan fingerprint density at radius 1 is 1.05 bits per heavy atom. The van der Waals surface area contributed by atoms with Crippen molar-refractivity contribution in [3.63, 3.8) is 0 Å². The molecule has 1 atom stereocenters. The highest BCUT2D eigenvalue weighted by Gasteiger charge is 2.33. The van der Waals surface area contributed by atoms with Gasteiger partial charge in [0, 0.05) is 5.39 Å². The summed E-state index contributed by atoms with van der Waals surface area (Å²) >= 11 is 0. The summed E-state index contributed by atoms with van der Waals surface area (Å²) in [6.07, 6.45) is 0.565. The summed E-state index contributed by atoms with van der Waals surface area (Å²) in [5.41, 5.74) is 1.72. The Balaban J connectivity index is 2.19. The lowest BCUT2D eigenvalue weighted by Crippen LogP contribution is -2.25. The maximum Gasteiger partial charge on any atom is 0.147 e. The van der Waals surface area contributed by atoms with E-state index in [1.165, 1.54) is 0 Å². The molecule has 0 saturated carbocycles. The van der Waals surface area contributed by atoms with E-state index in [2.05, 4.69) is 0 Å². The van der Waals surface area contributed by atoms with Gasteiger partial charge in [0.2, 0.25) is 0 Å². The average Bonchev–Trinajstić information content (AvgIpc) is 2.93. The van der Waals surface area contributed by atoms with Crippen molar-refractivity contribution in [3.8, 4) is 0 Å². The van der Waals surface area contributed by atoms with Gasteiger partial charge in [-0.3, -0.25) is 0 Å². The highest BCUT2D eigenvalue weighted by molar-refractivity contribution is 5.81. The third kappa shape index (κ3) is 1.93. The fourth-order valence-electron chi connectivity index (χ4n) is 2.65. The maximum atomic E-state index is 11.1. The third-order valence-electron chi connectivity index (χ3n) is 3.91. The second-order valence-corrected chi connectivity index (χ2v) is 5.18. The average molecular weight is 266 g/mol. The molecule has 1 unspecified atom stereocenters. The van der Waals surface area contributed by atoms with E-state index in [0.717, 1.165) is 22.1 Å². The van der Waals surface area contributed by atoms with E-state index in [9.17, 15) is 5.11 Å². The number of benzene rings is 2. The Morgan fingerprint density at radius 3 is 2.45 bits per heavy atom. The van der Waals surface area contributed by atoms with E-state index in [-0.39, 0.29) is 0 Å². The van der Waals surface area contributed by atoms with Gasteiger partial charge in [-0.25, -0.2) is 0 Å². The fraction of sp³-hybridized carbons (Fsp3) is 0.222. The summed E-state index contributed by atoms with van der Waals surface area (Å²) in [7, 11) is 0. The van der Waals surface area contributed by atoms with Gasteiger partial charge in [-0.1, -0.05) is 55.5 Å². The first kappa shape index (κ1) is 12.9. The molecule has 0 radical (unpaired) electrons. The summed E-state index contributed by atoms with van der Waals surface area (Å²) < 4.78 is 5.96. The zero-order chi connectivity index (χ0) is 14.2. The molecule has 0 aliphatic rings. The molecule has 3 aromatic rings. The Kier molecular flexibility index (Phi) is 3.11. The molecule has 0 saturated heterocycles. The summed E-state index contributed by atoms with van der Waals surface area (Å²) in [6, 6.07) is 17.7. The highest BCUT2D eigenvalue weighted by atomic mass is 16.4. The SMILES string of the molecule is CCC(O)(c1ccccc1)c1cc2cccc(C)c2o1. The summed E-state index contributed by atoms with van der Waals surface area (Å²) in [5.74, 6) is 0.607. The zero-order valence-corrected chi connectivity index (χ0v) is 11.8. The molecule has 1 N–H and O–H groups in total. The molecule has 3 rings (SSSR count). The van der Waals surface area contributed by atoms with Crippen LogP contribution in [0.5, 0.6) is 0 Å². The van der Waals surface area contributed by atoms with Gasteiger partial charge in [-0.05, 0) is 30.5 Å². The van der Waals surface area contributed by atoms with Crippen LogP contribution in [-0.4, -0.2) is 5.11 Å². The van der Waals surface area contributed by atoms with Crippen molar-refractivity contribution in [2.24, 2.45) is 0 Å². The normalized spacial score (nSPS) is 14.3. The second-order valence-electron chi connectivity index (χ2n) is 5.18. The Bertz CT molecular complexity index is 728. The van der Waals surface area contributed by atoms with Crippen molar-refractivity contribution >= 4 is 11.0 Å². The number of aryl methyl sites for hydroxylation is 1. The lowest BCUT2D eigenvalue weighted by Gasteiger charge is -2.24. The third-order valence-corrected chi connectivity index (χ3v) is 3.91. The van der Waals surface area contributed by atoms with Crippen molar-refractivity contribution in [1.82, 2.24) is 0 Å². The number of furan rings is 1. The predicted molar refractivity (Wildman–Crippen MR) is 80.7 cm³/mol. The van der Waals surface area contributed by atoms with Crippen molar-refractivity contribution in [3.05, 3.63) is 71.5 Å². The van der Waals surface area contributed by atoms with Crippen LogP contribution in [0.4, 0.5) is 0 Å². The van der Waals surface area contributed by atoms with Crippen molar-refractivity contribution in [2.45, 2.75) is 25.9 Å². The van der Waals surface area contributed by atoms with Gasteiger partial charge >= 0.3 is 0 Å². The standard InChI is InChI=1S/C18H18O2/c1-3-18(19,15-10-5-4-6-11-15)16-12-14-9-7-8-13(2)17(14)20-16/h4-12,19H,3H2,1-2H3. The van der Waals surface area contributed by atoms with Gasteiger partial charge in [-0.2, -0.15) is 0 Å². The first-order valence-corrected chi connectivity index (χ1v) is 6.92. The molecule has 0 fully saturated rings. The van der Waals surface area contributed by atoms with Crippen LogP contribution in [0.3, 0.4) is 0 Å². The minimum Gasteiger partial charge on any atom is -0.457 e. The fourth-order valence-corrected chi connectivity index (χ4v) is 2.65. The number of para-hydroxylation sites is 1.